The monoisotopic (exact) mass is 440 g/mol. The molecular weight excluding hydrogens is 420 g/mol. The van der Waals surface area contributed by atoms with E-state index in [4.69, 9.17) is 22.6 Å². The number of rotatable bonds is 8. The quantitative estimate of drug-likeness (QED) is 0.324. The lowest BCUT2D eigenvalue weighted by atomic mass is 10.1. The molecule has 0 unspecified atom stereocenters. The number of aromatic amines is 1. The molecule has 30 heavy (non-hydrogen) atoms. The number of aliphatic carboxylic acids is 1. The van der Waals surface area contributed by atoms with Gasteiger partial charge in [0.2, 0.25) is 0 Å². The van der Waals surface area contributed by atoms with E-state index in [9.17, 15) is 9.59 Å². The van der Waals surface area contributed by atoms with Crippen molar-refractivity contribution in [1.82, 2.24) is 4.98 Å². The van der Waals surface area contributed by atoms with Gasteiger partial charge in [0.05, 0.1) is 22.7 Å². The Morgan fingerprint density at radius 3 is 2.67 bits per heavy atom. The number of urea groups is 1. The van der Waals surface area contributed by atoms with Crippen molar-refractivity contribution in [1.29, 1.82) is 5.26 Å². The predicted molar refractivity (Wildman–Crippen MR) is 121 cm³/mol. The van der Waals surface area contributed by atoms with Crippen LogP contribution in [0.2, 0.25) is 0 Å². The van der Waals surface area contributed by atoms with Gasteiger partial charge in [-0.1, -0.05) is 12.1 Å². The van der Waals surface area contributed by atoms with Gasteiger partial charge in [0.15, 0.2) is 3.95 Å². The normalized spacial score (nSPS) is 10.5. The number of thiazole rings is 1. The Hall–Kier alpha value is -3.22. The topological polar surface area (TPSA) is 109 Å². The van der Waals surface area contributed by atoms with Gasteiger partial charge in [0.25, 0.3) is 0 Å². The lowest BCUT2D eigenvalue weighted by Gasteiger charge is -2.23. The van der Waals surface area contributed by atoms with E-state index in [-0.39, 0.29) is 12.5 Å². The second-order valence-corrected chi connectivity index (χ2v) is 8.38. The fourth-order valence-electron chi connectivity index (χ4n) is 2.98. The Morgan fingerprint density at radius 2 is 1.97 bits per heavy atom. The molecule has 0 saturated carbocycles. The second kappa shape index (κ2) is 10.0. The van der Waals surface area contributed by atoms with Crippen molar-refractivity contribution < 1.29 is 14.7 Å². The zero-order chi connectivity index (χ0) is 21.5. The molecule has 3 rings (SSSR count). The molecule has 0 bridgehead atoms. The molecule has 0 radical (unpaired) electrons. The molecule has 3 N–H and O–H groups in total. The third-order valence-corrected chi connectivity index (χ3v) is 5.67. The summed E-state index contributed by atoms with van der Waals surface area (Å²) in [4.78, 5) is 28.5. The number of carboxylic acid groups (broad SMARTS) is 1. The van der Waals surface area contributed by atoms with Crippen molar-refractivity contribution in [2.24, 2.45) is 0 Å². The van der Waals surface area contributed by atoms with Crippen molar-refractivity contribution in [2.45, 2.75) is 25.7 Å². The van der Waals surface area contributed by atoms with Crippen molar-refractivity contribution in [3.63, 3.8) is 0 Å². The van der Waals surface area contributed by atoms with Gasteiger partial charge in [0, 0.05) is 24.3 Å². The highest BCUT2D eigenvalue weighted by atomic mass is 32.1. The van der Waals surface area contributed by atoms with Crippen LogP contribution in [0.1, 0.15) is 24.8 Å². The van der Waals surface area contributed by atoms with Crippen molar-refractivity contribution in [2.75, 3.05) is 16.8 Å². The van der Waals surface area contributed by atoms with Gasteiger partial charge in [-0.15, -0.1) is 11.3 Å². The SMILES string of the molecule is N#CCc1ccc(NC(=O)N(CCCCC(=O)O)c2ccc3[nH]c(=S)sc3c2)cc1. The number of carbonyl (C=O) groups excluding carboxylic acids is 1. The van der Waals surface area contributed by atoms with Crippen LogP contribution in [0.25, 0.3) is 10.2 Å². The molecule has 3 aromatic rings. The number of unbranched alkanes of at least 4 members (excludes halogenated alkanes) is 1. The number of amides is 2. The third kappa shape index (κ3) is 5.65. The van der Waals surface area contributed by atoms with Crippen LogP contribution in [0.5, 0.6) is 0 Å². The standard InChI is InChI=1S/C21H20N4O3S2/c22-11-10-14-4-6-15(7-5-14)23-20(28)25(12-2-1-3-19(26)27)16-8-9-17-18(13-16)30-21(29)24-17/h4-9,13H,1-3,10,12H2,(H,23,28)(H,24,29)(H,26,27). The van der Waals surface area contributed by atoms with Gasteiger partial charge in [-0.05, 0) is 61.0 Å². The van der Waals surface area contributed by atoms with Crippen LogP contribution in [0, 0.1) is 15.3 Å². The first-order chi connectivity index (χ1) is 14.5. The summed E-state index contributed by atoms with van der Waals surface area (Å²) in [6.07, 6.45) is 1.41. The van der Waals surface area contributed by atoms with Crippen LogP contribution in [0.4, 0.5) is 16.2 Å². The number of carboxylic acids is 1. The molecule has 0 saturated heterocycles. The van der Waals surface area contributed by atoms with Gasteiger partial charge >= 0.3 is 12.0 Å². The molecule has 2 aromatic carbocycles. The van der Waals surface area contributed by atoms with E-state index in [2.05, 4.69) is 16.4 Å². The molecule has 1 heterocycles. The summed E-state index contributed by atoms with van der Waals surface area (Å²) < 4.78 is 1.61. The first kappa shape index (κ1) is 21.5. The molecule has 0 spiro atoms. The molecule has 2 amide bonds. The molecule has 1 aromatic heterocycles. The third-order valence-electron chi connectivity index (χ3n) is 4.47. The Morgan fingerprint density at radius 1 is 1.20 bits per heavy atom. The zero-order valence-electron chi connectivity index (χ0n) is 16.1. The molecular formula is C21H20N4O3S2. The van der Waals surface area contributed by atoms with E-state index in [1.165, 1.54) is 11.3 Å². The minimum Gasteiger partial charge on any atom is -0.481 e. The van der Waals surface area contributed by atoms with E-state index in [0.717, 1.165) is 15.8 Å². The van der Waals surface area contributed by atoms with E-state index in [1.807, 2.05) is 18.2 Å². The highest BCUT2D eigenvalue weighted by Crippen LogP contribution is 2.26. The minimum absolute atomic E-state index is 0.0635. The molecule has 0 aliphatic heterocycles. The summed E-state index contributed by atoms with van der Waals surface area (Å²) in [6.45, 7) is 0.382. The average Bonchev–Trinajstić information content (AvgIpc) is 3.08. The summed E-state index contributed by atoms with van der Waals surface area (Å²) in [5, 5.41) is 20.5. The zero-order valence-corrected chi connectivity index (χ0v) is 17.7. The summed E-state index contributed by atoms with van der Waals surface area (Å²) in [7, 11) is 0. The van der Waals surface area contributed by atoms with Crippen molar-refractivity contribution in [3.05, 3.63) is 52.0 Å². The Balaban J connectivity index is 1.79. The highest BCUT2D eigenvalue weighted by molar-refractivity contribution is 7.73. The van der Waals surface area contributed by atoms with Crippen LogP contribution >= 0.6 is 23.6 Å². The Labute approximate surface area is 182 Å². The van der Waals surface area contributed by atoms with Gasteiger partial charge < -0.3 is 15.4 Å². The molecule has 9 heteroatoms. The first-order valence-corrected chi connectivity index (χ1v) is 10.6. The van der Waals surface area contributed by atoms with E-state index < -0.39 is 5.97 Å². The smallest absolute Gasteiger partial charge is 0.326 e. The number of aromatic nitrogens is 1. The van der Waals surface area contributed by atoms with Crippen LogP contribution in [-0.2, 0) is 11.2 Å². The fourth-order valence-corrected chi connectivity index (χ4v) is 4.13. The molecule has 7 nitrogen and oxygen atoms in total. The van der Waals surface area contributed by atoms with E-state index in [0.29, 0.717) is 41.1 Å². The number of H-pyrrole nitrogens is 1. The lowest BCUT2D eigenvalue weighted by Crippen LogP contribution is -2.35. The Bertz CT molecular complexity index is 1150. The van der Waals surface area contributed by atoms with Crippen molar-refractivity contribution in [3.8, 4) is 6.07 Å². The molecule has 0 fully saturated rings. The van der Waals surface area contributed by atoms with Gasteiger partial charge in [-0.3, -0.25) is 9.69 Å². The molecule has 154 valence electrons. The van der Waals surface area contributed by atoms with Crippen molar-refractivity contribution >= 4 is 57.1 Å². The van der Waals surface area contributed by atoms with Crippen LogP contribution in [0.15, 0.2) is 42.5 Å². The summed E-state index contributed by atoms with van der Waals surface area (Å²) in [5.74, 6) is -0.850. The van der Waals surface area contributed by atoms with Crippen LogP contribution in [0.3, 0.4) is 0 Å². The molecule has 0 aliphatic carbocycles. The number of hydrogen-bond acceptors (Lipinski definition) is 5. The maximum atomic E-state index is 13.0. The average molecular weight is 441 g/mol. The maximum Gasteiger partial charge on any atom is 0.326 e. The number of nitrogens with one attached hydrogen (secondary N) is 2. The number of hydrogen-bond donors (Lipinski definition) is 3. The summed E-state index contributed by atoms with van der Waals surface area (Å²) in [6, 6.07) is 14.5. The van der Waals surface area contributed by atoms with Gasteiger partial charge in [-0.2, -0.15) is 5.26 Å². The predicted octanol–water partition coefficient (Wildman–Crippen LogP) is 5.32. The lowest BCUT2D eigenvalue weighted by molar-refractivity contribution is -0.137. The number of fused-ring (bicyclic) bond motifs is 1. The van der Waals surface area contributed by atoms with Gasteiger partial charge in [-0.25, -0.2) is 4.79 Å². The number of nitrogens with zero attached hydrogens (tertiary/aromatic N) is 2. The van der Waals surface area contributed by atoms with Gasteiger partial charge in [0.1, 0.15) is 0 Å². The maximum absolute atomic E-state index is 13.0. The largest absolute Gasteiger partial charge is 0.481 e. The fraction of sp³-hybridized carbons (Fsp3) is 0.238. The van der Waals surface area contributed by atoms with Crippen LogP contribution < -0.4 is 10.2 Å². The first-order valence-electron chi connectivity index (χ1n) is 9.35. The highest BCUT2D eigenvalue weighted by Gasteiger charge is 2.17. The number of carbonyl (C=O) groups is 2. The van der Waals surface area contributed by atoms with Crippen LogP contribution in [-0.4, -0.2) is 28.6 Å². The summed E-state index contributed by atoms with van der Waals surface area (Å²) in [5.41, 5.74) is 3.12. The Kier molecular flexibility index (Phi) is 7.17. The number of anilines is 2. The summed E-state index contributed by atoms with van der Waals surface area (Å²) >= 11 is 6.63. The second-order valence-electron chi connectivity index (χ2n) is 6.66. The molecule has 0 aliphatic rings. The number of nitriles is 1. The van der Waals surface area contributed by atoms with E-state index >= 15 is 0 Å². The molecule has 0 atom stereocenters. The minimum atomic E-state index is -0.850. The number of benzene rings is 2. The van der Waals surface area contributed by atoms with E-state index in [1.54, 1.807) is 29.2 Å².